The molecule has 0 bridgehead atoms. The molecule has 0 saturated carbocycles. The van der Waals surface area contributed by atoms with Crippen LogP contribution in [0, 0.1) is 0 Å². The molecule has 0 spiro atoms. The number of alkyl halides is 1. The summed E-state index contributed by atoms with van der Waals surface area (Å²) in [5.74, 6) is -0.327. The van der Waals surface area contributed by atoms with E-state index in [0.29, 0.717) is 10.9 Å². The van der Waals surface area contributed by atoms with Crippen LogP contribution in [-0.4, -0.2) is 18.1 Å². The van der Waals surface area contributed by atoms with Crippen molar-refractivity contribution in [3.05, 3.63) is 29.6 Å². The number of methoxy groups -OCH3 is 1. The summed E-state index contributed by atoms with van der Waals surface area (Å²) in [5, 5.41) is 0.602. The number of hydrogen-bond acceptors (Lipinski definition) is 3. The van der Waals surface area contributed by atoms with E-state index >= 15 is 0 Å². The first-order chi connectivity index (χ1) is 5.79. The van der Waals surface area contributed by atoms with E-state index in [4.69, 9.17) is 0 Å². The summed E-state index contributed by atoms with van der Waals surface area (Å²) in [7, 11) is 1.36. The second-order valence-corrected chi connectivity index (χ2v) is 2.72. The number of nitrogens with zero attached hydrogens (tertiary/aromatic N) is 1. The molecule has 72 valence electrons. The number of hydrogen-bond donors (Lipinski definition) is 0. The molecule has 1 rings (SSSR count). The van der Waals surface area contributed by atoms with Gasteiger partial charge in [0, 0.05) is 17.7 Å². The first kappa shape index (κ1) is 12.6. The van der Waals surface area contributed by atoms with Crippen molar-refractivity contribution < 1.29 is 9.53 Å². The van der Waals surface area contributed by atoms with Gasteiger partial charge in [-0.25, -0.2) is 4.79 Å². The van der Waals surface area contributed by atoms with Crippen molar-refractivity contribution in [1.82, 2.24) is 4.98 Å². The lowest BCUT2D eigenvalue weighted by molar-refractivity contribution is 0.0599. The van der Waals surface area contributed by atoms with E-state index in [1.54, 1.807) is 18.5 Å². The Balaban J connectivity index is 0.00000144. The Bertz CT molecular complexity index is 291. The Hall–Kier alpha value is -0.420. The Morgan fingerprint density at radius 2 is 2.38 bits per heavy atom. The average molecular weight is 311 g/mol. The fourth-order valence-corrected chi connectivity index (χ4v) is 1.29. The minimum atomic E-state index is -0.327. The zero-order valence-electron chi connectivity index (χ0n) is 6.99. The van der Waals surface area contributed by atoms with Crippen LogP contribution in [0.1, 0.15) is 15.9 Å². The zero-order valence-corrected chi connectivity index (χ0v) is 10.3. The molecule has 0 unspecified atom stereocenters. The Kier molecular flexibility index (Phi) is 5.90. The third kappa shape index (κ3) is 3.08. The number of carbonyl (C=O) groups is 1. The van der Waals surface area contributed by atoms with Gasteiger partial charge in [-0.3, -0.25) is 4.98 Å². The van der Waals surface area contributed by atoms with Gasteiger partial charge in [-0.2, -0.15) is 0 Å². The molecule has 0 aromatic carbocycles. The minimum Gasteiger partial charge on any atom is -0.465 e. The monoisotopic (exact) mass is 309 g/mol. The predicted molar refractivity (Wildman–Crippen MR) is 58.5 cm³/mol. The van der Waals surface area contributed by atoms with Crippen molar-refractivity contribution in [1.29, 1.82) is 0 Å². The van der Waals surface area contributed by atoms with E-state index in [2.05, 4.69) is 25.7 Å². The van der Waals surface area contributed by atoms with E-state index in [-0.39, 0.29) is 23.0 Å². The highest BCUT2D eigenvalue weighted by molar-refractivity contribution is 9.08. The van der Waals surface area contributed by atoms with Crippen LogP contribution in [0.3, 0.4) is 0 Å². The summed E-state index contributed by atoms with van der Waals surface area (Å²) in [6, 6.07) is 1.64. The molecule has 0 aliphatic carbocycles. The minimum absolute atomic E-state index is 0. The number of rotatable bonds is 2. The molecule has 0 fully saturated rings. The van der Waals surface area contributed by atoms with E-state index in [9.17, 15) is 4.79 Å². The van der Waals surface area contributed by atoms with Gasteiger partial charge in [0.05, 0.1) is 12.7 Å². The molecule has 0 saturated heterocycles. The lowest BCUT2D eigenvalue weighted by Crippen LogP contribution is -2.04. The number of aromatic nitrogens is 1. The molecule has 3 nitrogen and oxygen atoms in total. The summed E-state index contributed by atoms with van der Waals surface area (Å²) in [5.41, 5.74) is 1.40. The molecule has 0 aliphatic rings. The van der Waals surface area contributed by atoms with Crippen LogP contribution >= 0.6 is 32.9 Å². The first-order valence-corrected chi connectivity index (χ1v) is 4.49. The van der Waals surface area contributed by atoms with Gasteiger partial charge >= 0.3 is 5.97 Å². The van der Waals surface area contributed by atoms with Gasteiger partial charge in [-0.1, -0.05) is 15.9 Å². The quantitative estimate of drug-likeness (QED) is 0.622. The van der Waals surface area contributed by atoms with Gasteiger partial charge in [-0.05, 0) is 11.6 Å². The summed E-state index contributed by atoms with van der Waals surface area (Å²) >= 11 is 3.26. The highest BCUT2D eigenvalue weighted by Gasteiger charge is 2.09. The van der Waals surface area contributed by atoms with Crippen LogP contribution in [0.5, 0.6) is 0 Å². The van der Waals surface area contributed by atoms with Crippen LogP contribution in [0.25, 0.3) is 0 Å². The van der Waals surface area contributed by atoms with Gasteiger partial charge in [0.1, 0.15) is 0 Å². The number of halogens is 2. The Morgan fingerprint density at radius 3 is 2.92 bits per heavy atom. The molecule has 5 heteroatoms. The standard InChI is InChI=1S/C8H8BrNO2.BrH/c1-12-8(11)7-2-3-10-5-6(7)4-9;/h2-3,5H,4H2,1H3;1H. The number of pyridine rings is 1. The van der Waals surface area contributed by atoms with E-state index in [1.165, 1.54) is 7.11 Å². The molecule has 1 heterocycles. The Labute approximate surface area is 95.4 Å². The van der Waals surface area contributed by atoms with E-state index < -0.39 is 0 Å². The normalized spacial score (nSPS) is 8.77. The molecular weight excluding hydrogens is 302 g/mol. The van der Waals surface area contributed by atoms with Crippen molar-refractivity contribution in [3.8, 4) is 0 Å². The van der Waals surface area contributed by atoms with Crippen molar-refractivity contribution in [2.75, 3.05) is 7.11 Å². The predicted octanol–water partition coefficient (Wildman–Crippen LogP) is 2.34. The van der Waals surface area contributed by atoms with Crippen LogP contribution in [0.15, 0.2) is 18.5 Å². The molecule has 0 N–H and O–H groups in total. The molecule has 0 amide bonds. The maximum Gasteiger partial charge on any atom is 0.338 e. The molecule has 0 radical (unpaired) electrons. The van der Waals surface area contributed by atoms with Gasteiger partial charge in [-0.15, -0.1) is 17.0 Å². The topological polar surface area (TPSA) is 39.2 Å². The SMILES string of the molecule is Br.COC(=O)c1ccncc1CBr. The van der Waals surface area contributed by atoms with Crippen molar-refractivity contribution in [2.24, 2.45) is 0 Å². The van der Waals surface area contributed by atoms with E-state index in [0.717, 1.165) is 5.56 Å². The first-order valence-electron chi connectivity index (χ1n) is 3.36. The maximum atomic E-state index is 11.1. The third-order valence-corrected chi connectivity index (χ3v) is 2.06. The van der Waals surface area contributed by atoms with Gasteiger partial charge in [0.15, 0.2) is 0 Å². The van der Waals surface area contributed by atoms with Crippen LogP contribution in [0.4, 0.5) is 0 Å². The van der Waals surface area contributed by atoms with Crippen molar-refractivity contribution in [2.45, 2.75) is 5.33 Å². The maximum absolute atomic E-state index is 11.1. The van der Waals surface area contributed by atoms with Crippen molar-refractivity contribution >= 4 is 38.9 Å². The molecule has 0 atom stereocenters. The molecular formula is C8H9Br2NO2. The largest absolute Gasteiger partial charge is 0.465 e. The second kappa shape index (κ2) is 6.10. The highest BCUT2D eigenvalue weighted by atomic mass is 79.9. The molecule has 0 aliphatic heterocycles. The lowest BCUT2D eigenvalue weighted by Gasteiger charge is -2.02. The molecule has 1 aromatic rings. The van der Waals surface area contributed by atoms with E-state index in [1.807, 2.05) is 0 Å². The number of esters is 1. The van der Waals surface area contributed by atoms with Crippen LogP contribution < -0.4 is 0 Å². The molecule has 13 heavy (non-hydrogen) atoms. The number of carbonyl (C=O) groups excluding carboxylic acids is 1. The van der Waals surface area contributed by atoms with Gasteiger partial charge in [0.25, 0.3) is 0 Å². The van der Waals surface area contributed by atoms with Crippen LogP contribution in [0.2, 0.25) is 0 Å². The smallest absolute Gasteiger partial charge is 0.338 e. The summed E-state index contributed by atoms with van der Waals surface area (Å²) in [6.07, 6.45) is 3.21. The highest BCUT2D eigenvalue weighted by Crippen LogP contribution is 2.11. The fraction of sp³-hybridized carbons (Fsp3) is 0.250. The average Bonchev–Trinajstić information content (AvgIpc) is 2.16. The third-order valence-electron chi connectivity index (χ3n) is 1.45. The summed E-state index contributed by atoms with van der Waals surface area (Å²) < 4.78 is 4.59. The lowest BCUT2D eigenvalue weighted by atomic mass is 10.2. The number of ether oxygens (including phenoxy) is 1. The Morgan fingerprint density at radius 1 is 1.69 bits per heavy atom. The van der Waals surface area contributed by atoms with Crippen molar-refractivity contribution in [3.63, 3.8) is 0 Å². The second-order valence-electron chi connectivity index (χ2n) is 2.16. The van der Waals surface area contributed by atoms with Crippen LogP contribution in [-0.2, 0) is 10.1 Å². The van der Waals surface area contributed by atoms with Gasteiger partial charge < -0.3 is 4.74 Å². The fourth-order valence-electron chi connectivity index (χ4n) is 0.843. The summed E-state index contributed by atoms with van der Waals surface area (Å²) in [4.78, 5) is 15.0. The van der Waals surface area contributed by atoms with Gasteiger partial charge in [0.2, 0.25) is 0 Å². The molecule has 1 aromatic heterocycles. The zero-order chi connectivity index (χ0) is 8.97. The summed E-state index contributed by atoms with van der Waals surface area (Å²) in [6.45, 7) is 0.